The van der Waals surface area contributed by atoms with Crippen LogP contribution in [0, 0.1) is 0 Å². The smallest absolute Gasteiger partial charge is 0.226 e. The second kappa shape index (κ2) is 8.38. The van der Waals surface area contributed by atoms with Crippen LogP contribution in [-0.2, 0) is 9.59 Å². The summed E-state index contributed by atoms with van der Waals surface area (Å²) in [7, 11) is 0. The fourth-order valence-corrected chi connectivity index (χ4v) is 2.69. The van der Waals surface area contributed by atoms with Gasteiger partial charge in [-0.2, -0.15) is 0 Å². The molecule has 0 bridgehead atoms. The van der Waals surface area contributed by atoms with Gasteiger partial charge in [-0.1, -0.05) is 34.8 Å². The summed E-state index contributed by atoms with van der Waals surface area (Å²) in [5.74, 6) is -0.408. The van der Waals surface area contributed by atoms with Crippen LogP contribution in [0.15, 0.2) is 42.5 Å². The van der Waals surface area contributed by atoms with E-state index in [1.165, 1.54) is 11.8 Å². The number of nitrogens with one attached hydrogen (secondary N) is 1. The van der Waals surface area contributed by atoms with E-state index < -0.39 is 0 Å². The van der Waals surface area contributed by atoms with Gasteiger partial charge in [-0.05, 0) is 42.5 Å². The van der Waals surface area contributed by atoms with Crippen molar-refractivity contribution in [3.63, 3.8) is 0 Å². The average Bonchev–Trinajstić information content (AvgIpc) is 2.52. The van der Waals surface area contributed by atoms with Crippen molar-refractivity contribution in [3.8, 4) is 0 Å². The van der Waals surface area contributed by atoms with Gasteiger partial charge in [0.05, 0.1) is 10.7 Å². The van der Waals surface area contributed by atoms with Crippen LogP contribution in [0.3, 0.4) is 0 Å². The van der Waals surface area contributed by atoms with Gasteiger partial charge in [0.25, 0.3) is 0 Å². The Morgan fingerprint density at radius 3 is 2.21 bits per heavy atom. The predicted octanol–water partition coefficient (Wildman–Crippen LogP) is 5.03. The third-order valence-corrected chi connectivity index (χ3v) is 4.09. The van der Waals surface area contributed by atoms with Crippen LogP contribution < -0.4 is 10.2 Å². The highest BCUT2D eigenvalue weighted by Crippen LogP contribution is 2.25. The molecule has 24 heavy (non-hydrogen) atoms. The molecule has 126 valence electrons. The molecule has 2 aromatic rings. The Hall–Kier alpha value is -1.75. The van der Waals surface area contributed by atoms with Crippen molar-refractivity contribution in [2.75, 3.05) is 16.8 Å². The SMILES string of the molecule is CC(=O)N(CCC(=O)Nc1ccc(Cl)cc1Cl)c1ccc(Cl)cc1. The topological polar surface area (TPSA) is 49.4 Å². The van der Waals surface area contributed by atoms with Gasteiger partial charge >= 0.3 is 0 Å². The van der Waals surface area contributed by atoms with Crippen molar-refractivity contribution in [3.05, 3.63) is 57.5 Å². The third-order valence-electron chi connectivity index (χ3n) is 3.29. The molecule has 4 nitrogen and oxygen atoms in total. The zero-order chi connectivity index (χ0) is 17.7. The van der Waals surface area contributed by atoms with Crippen molar-refractivity contribution < 1.29 is 9.59 Å². The summed E-state index contributed by atoms with van der Waals surface area (Å²) in [6.07, 6.45) is 0.126. The molecule has 0 spiro atoms. The van der Waals surface area contributed by atoms with E-state index in [1.54, 1.807) is 42.5 Å². The maximum atomic E-state index is 12.1. The first-order valence-electron chi connectivity index (χ1n) is 7.15. The van der Waals surface area contributed by atoms with Gasteiger partial charge in [-0.25, -0.2) is 0 Å². The highest BCUT2D eigenvalue weighted by atomic mass is 35.5. The van der Waals surface area contributed by atoms with E-state index in [-0.39, 0.29) is 24.8 Å². The van der Waals surface area contributed by atoms with Crippen LogP contribution in [0.4, 0.5) is 11.4 Å². The number of carbonyl (C=O) groups is 2. The molecule has 0 aliphatic carbocycles. The predicted molar refractivity (Wildman–Crippen MR) is 99.2 cm³/mol. The van der Waals surface area contributed by atoms with E-state index in [1.807, 2.05) is 0 Å². The van der Waals surface area contributed by atoms with Gasteiger partial charge in [-0.3, -0.25) is 9.59 Å². The van der Waals surface area contributed by atoms with Gasteiger partial charge in [0.1, 0.15) is 0 Å². The summed E-state index contributed by atoms with van der Waals surface area (Å²) >= 11 is 17.7. The number of hydrogen-bond acceptors (Lipinski definition) is 2. The van der Waals surface area contributed by atoms with Crippen molar-refractivity contribution >= 4 is 58.0 Å². The standard InChI is InChI=1S/C17H15Cl3N2O2/c1-11(23)22(14-5-2-12(18)3-6-14)9-8-17(24)21-16-7-4-13(19)10-15(16)20/h2-7,10H,8-9H2,1H3,(H,21,24). The van der Waals surface area contributed by atoms with Crippen LogP contribution in [0.2, 0.25) is 15.1 Å². The highest BCUT2D eigenvalue weighted by molar-refractivity contribution is 6.36. The second-order valence-corrected chi connectivity index (χ2v) is 6.35. The van der Waals surface area contributed by atoms with E-state index in [9.17, 15) is 9.59 Å². The number of amides is 2. The molecule has 0 atom stereocenters. The Morgan fingerprint density at radius 2 is 1.62 bits per heavy atom. The normalized spacial score (nSPS) is 10.3. The first-order valence-corrected chi connectivity index (χ1v) is 8.29. The molecule has 0 radical (unpaired) electrons. The van der Waals surface area contributed by atoms with Crippen LogP contribution in [0.1, 0.15) is 13.3 Å². The summed E-state index contributed by atoms with van der Waals surface area (Å²) in [4.78, 5) is 25.4. The molecular formula is C17H15Cl3N2O2. The van der Waals surface area contributed by atoms with E-state index in [4.69, 9.17) is 34.8 Å². The lowest BCUT2D eigenvalue weighted by atomic mass is 10.2. The van der Waals surface area contributed by atoms with Crippen molar-refractivity contribution in [1.82, 2.24) is 0 Å². The summed E-state index contributed by atoms with van der Waals surface area (Å²) in [5, 5.41) is 4.13. The van der Waals surface area contributed by atoms with Crippen molar-refractivity contribution in [2.45, 2.75) is 13.3 Å². The van der Waals surface area contributed by atoms with Crippen LogP contribution in [0.25, 0.3) is 0 Å². The largest absolute Gasteiger partial charge is 0.325 e. The monoisotopic (exact) mass is 384 g/mol. The van der Waals surface area contributed by atoms with Gasteiger partial charge in [0, 0.05) is 35.6 Å². The maximum absolute atomic E-state index is 12.1. The third kappa shape index (κ3) is 5.13. The minimum Gasteiger partial charge on any atom is -0.325 e. The summed E-state index contributed by atoms with van der Waals surface area (Å²) < 4.78 is 0. The average molecular weight is 386 g/mol. The molecule has 2 aromatic carbocycles. The van der Waals surface area contributed by atoms with Crippen LogP contribution >= 0.6 is 34.8 Å². The van der Waals surface area contributed by atoms with E-state index >= 15 is 0 Å². The molecular weight excluding hydrogens is 371 g/mol. The van der Waals surface area contributed by atoms with Crippen LogP contribution in [0.5, 0.6) is 0 Å². The molecule has 0 saturated carbocycles. The first kappa shape index (κ1) is 18.6. The quantitative estimate of drug-likeness (QED) is 0.785. The fraction of sp³-hybridized carbons (Fsp3) is 0.176. The minimum atomic E-state index is -0.251. The number of benzene rings is 2. The highest BCUT2D eigenvalue weighted by Gasteiger charge is 2.14. The Balaban J connectivity index is 2.00. The van der Waals surface area contributed by atoms with Gasteiger partial charge in [-0.15, -0.1) is 0 Å². The molecule has 0 aliphatic heterocycles. The molecule has 0 fully saturated rings. The molecule has 0 unspecified atom stereocenters. The fourth-order valence-electron chi connectivity index (χ4n) is 2.11. The lowest BCUT2D eigenvalue weighted by Gasteiger charge is -2.21. The Bertz CT molecular complexity index is 748. The van der Waals surface area contributed by atoms with Crippen molar-refractivity contribution in [1.29, 1.82) is 0 Å². The Labute approximate surface area is 155 Å². The maximum Gasteiger partial charge on any atom is 0.226 e. The number of anilines is 2. The van der Waals surface area contributed by atoms with Gasteiger partial charge in [0.15, 0.2) is 0 Å². The number of rotatable bonds is 5. The van der Waals surface area contributed by atoms with E-state index in [0.717, 1.165) is 0 Å². The lowest BCUT2D eigenvalue weighted by molar-refractivity contribution is -0.117. The lowest BCUT2D eigenvalue weighted by Crippen LogP contribution is -2.31. The molecule has 0 aliphatic rings. The number of halogens is 3. The summed E-state index contributed by atoms with van der Waals surface area (Å²) in [5.41, 5.74) is 1.16. The number of nitrogens with zero attached hydrogens (tertiary/aromatic N) is 1. The number of carbonyl (C=O) groups excluding carboxylic acids is 2. The molecule has 0 heterocycles. The Kier molecular flexibility index (Phi) is 6.49. The minimum absolute atomic E-state index is 0.126. The van der Waals surface area contributed by atoms with Gasteiger partial charge < -0.3 is 10.2 Å². The van der Waals surface area contributed by atoms with Crippen LogP contribution in [-0.4, -0.2) is 18.4 Å². The molecule has 1 N–H and O–H groups in total. The molecule has 0 aromatic heterocycles. The zero-order valence-electron chi connectivity index (χ0n) is 12.9. The van der Waals surface area contributed by atoms with Crippen molar-refractivity contribution in [2.24, 2.45) is 0 Å². The second-order valence-electron chi connectivity index (χ2n) is 5.07. The van der Waals surface area contributed by atoms with E-state index in [0.29, 0.717) is 26.4 Å². The summed E-state index contributed by atoms with van der Waals surface area (Å²) in [6.45, 7) is 1.69. The molecule has 2 amide bonds. The molecule has 2 rings (SSSR count). The first-order chi connectivity index (χ1) is 11.4. The number of hydrogen-bond donors (Lipinski definition) is 1. The summed E-state index contributed by atoms with van der Waals surface area (Å²) in [6, 6.07) is 11.7. The Morgan fingerprint density at radius 1 is 1.00 bits per heavy atom. The molecule has 0 saturated heterocycles. The zero-order valence-corrected chi connectivity index (χ0v) is 15.1. The molecule has 7 heteroatoms. The van der Waals surface area contributed by atoms with Gasteiger partial charge in [0.2, 0.25) is 11.8 Å². The van der Waals surface area contributed by atoms with E-state index in [2.05, 4.69) is 5.32 Å².